The Morgan fingerprint density at radius 2 is 1.49 bits per heavy atom. The maximum Gasteiger partial charge on any atom is 0.343 e. The van der Waals surface area contributed by atoms with Gasteiger partial charge >= 0.3 is 17.9 Å². The Hall–Kier alpha value is -3.66. The average Bonchev–Trinajstić information content (AvgIpc) is 2.81. The minimum Gasteiger partial charge on any atom is -0.479 e. The van der Waals surface area contributed by atoms with Crippen LogP contribution in [0.5, 0.6) is 0 Å². The summed E-state index contributed by atoms with van der Waals surface area (Å²) in [7, 11) is 0. The lowest BCUT2D eigenvalue weighted by molar-refractivity contribution is -0.165. The number of aliphatic carboxylic acids is 1. The minimum atomic E-state index is -2.16. The van der Waals surface area contributed by atoms with Gasteiger partial charge in [-0.2, -0.15) is 0 Å². The Morgan fingerprint density at radius 3 is 1.97 bits per heavy atom. The molecule has 2 aromatic carbocycles. The molecule has 0 saturated carbocycles. The van der Waals surface area contributed by atoms with Crippen LogP contribution in [0.25, 0.3) is 0 Å². The zero-order chi connectivity index (χ0) is 26.0. The second kappa shape index (κ2) is 12.7. The van der Waals surface area contributed by atoms with Crippen molar-refractivity contribution in [3.05, 3.63) is 59.7 Å². The molecule has 0 saturated heterocycles. The van der Waals surface area contributed by atoms with E-state index in [0.29, 0.717) is 5.56 Å². The highest BCUT2D eigenvalue weighted by atomic mass is 32.2. The lowest BCUT2D eigenvalue weighted by Crippen LogP contribution is -2.60. The molecule has 0 spiro atoms. The van der Waals surface area contributed by atoms with Gasteiger partial charge in [0.1, 0.15) is 0 Å². The highest BCUT2D eigenvalue weighted by molar-refractivity contribution is 7.99. The van der Waals surface area contributed by atoms with E-state index in [1.54, 1.807) is 31.2 Å². The molecular formula is C25H27NO8S. The van der Waals surface area contributed by atoms with Gasteiger partial charge in [-0.25, -0.2) is 9.59 Å². The first kappa shape index (κ1) is 27.6. The van der Waals surface area contributed by atoms with Crippen LogP contribution in [0.4, 0.5) is 0 Å². The molecule has 1 atom stereocenters. The van der Waals surface area contributed by atoms with Crippen LogP contribution in [0.1, 0.15) is 43.1 Å². The first-order valence-electron chi connectivity index (χ1n) is 10.8. The number of hydrogen-bond donors (Lipinski definition) is 2. The van der Waals surface area contributed by atoms with E-state index in [9.17, 15) is 29.1 Å². The normalized spacial score (nSPS) is 12.2. The van der Waals surface area contributed by atoms with E-state index in [0.717, 1.165) is 22.3 Å². The second-order valence-electron chi connectivity index (χ2n) is 7.59. The molecule has 0 radical (unpaired) electrons. The van der Waals surface area contributed by atoms with E-state index >= 15 is 0 Å². The largest absolute Gasteiger partial charge is 0.479 e. The molecule has 0 aliphatic rings. The predicted molar refractivity (Wildman–Crippen MR) is 127 cm³/mol. The van der Waals surface area contributed by atoms with Gasteiger partial charge in [0, 0.05) is 29.2 Å². The van der Waals surface area contributed by atoms with Gasteiger partial charge in [-0.05, 0) is 49.6 Å². The third-order valence-electron chi connectivity index (χ3n) is 4.91. The number of ether oxygens (including phenoxy) is 2. The quantitative estimate of drug-likeness (QED) is 0.255. The topological polar surface area (TPSA) is 136 Å². The molecule has 0 fully saturated rings. The van der Waals surface area contributed by atoms with Gasteiger partial charge in [-0.1, -0.05) is 36.0 Å². The van der Waals surface area contributed by atoms with E-state index in [2.05, 4.69) is 5.32 Å². The van der Waals surface area contributed by atoms with Gasteiger partial charge in [-0.15, -0.1) is 0 Å². The first-order chi connectivity index (χ1) is 16.6. The van der Waals surface area contributed by atoms with Gasteiger partial charge in [0.2, 0.25) is 11.4 Å². The third-order valence-corrected chi connectivity index (χ3v) is 5.92. The molecule has 0 aromatic heterocycles. The molecule has 10 heteroatoms. The van der Waals surface area contributed by atoms with Crippen LogP contribution in [0, 0.1) is 0 Å². The van der Waals surface area contributed by atoms with Crippen molar-refractivity contribution in [2.75, 3.05) is 13.2 Å². The van der Waals surface area contributed by atoms with Crippen LogP contribution in [-0.4, -0.2) is 53.5 Å². The summed E-state index contributed by atoms with van der Waals surface area (Å²) in [6, 6.07) is 14.2. The van der Waals surface area contributed by atoms with Crippen molar-refractivity contribution in [2.24, 2.45) is 0 Å². The Balaban J connectivity index is 2.05. The Morgan fingerprint density at radius 1 is 0.914 bits per heavy atom. The van der Waals surface area contributed by atoms with Crippen LogP contribution in [-0.2, 0) is 35.1 Å². The van der Waals surface area contributed by atoms with Crippen molar-refractivity contribution in [3.63, 3.8) is 0 Å². The summed E-state index contributed by atoms with van der Waals surface area (Å²) in [6.45, 7) is 3.63. The van der Waals surface area contributed by atoms with Gasteiger partial charge in [-0.3, -0.25) is 14.4 Å². The predicted octanol–water partition coefficient (Wildman–Crippen LogP) is 3.04. The number of hydrogen-bond acceptors (Lipinski definition) is 8. The van der Waals surface area contributed by atoms with Gasteiger partial charge in [0.15, 0.2) is 12.4 Å². The molecule has 2 N–H and O–H groups in total. The number of carboxylic acids is 1. The summed E-state index contributed by atoms with van der Waals surface area (Å²) in [6.07, 6.45) is 0.0472. The van der Waals surface area contributed by atoms with E-state index in [1.807, 2.05) is 24.3 Å². The second-order valence-corrected chi connectivity index (χ2v) is 8.73. The van der Waals surface area contributed by atoms with Crippen LogP contribution in [0.3, 0.4) is 0 Å². The van der Waals surface area contributed by atoms with Crippen molar-refractivity contribution >= 4 is 41.4 Å². The first-order valence-corrected chi connectivity index (χ1v) is 11.6. The van der Waals surface area contributed by atoms with Crippen molar-refractivity contribution in [1.29, 1.82) is 0 Å². The van der Waals surface area contributed by atoms with Crippen molar-refractivity contribution in [1.82, 2.24) is 5.32 Å². The summed E-state index contributed by atoms with van der Waals surface area (Å²) in [4.78, 5) is 60.5. The van der Waals surface area contributed by atoms with Gasteiger partial charge in [0.05, 0.1) is 6.61 Å². The molecule has 0 bridgehead atoms. The molecule has 0 heterocycles. The molecule has 2 aromatic rings. The summed E-state index contributed by atoms with van der Waals surface area (Å²) in [5.41, 5.74) is -0.946. The number of aryl methyl sites for hydroxylation is 1. The van der Waals surface area contributed by atoms with Crippen LogP contribution >= 0.6 is 11.8 Å². The number of amides is 1. The van der Waals surface area contributed by atoms with Gasteiger partial charge in [0.25, 0.3) is 0 Å². The number of carbonyl (C=O) groups excluding carboxylic acids is 4. The van der Waals surface area contributed by atoms with Crippen molar-refractivity contribution in [3.8, 4) is 0 Å². The smallest absolute Gasteiger partial charge is 0.343 e. The molecule has 1 unspecified atom stereocenters. The SMILES string of the molecule is CCOC(=O)C(CCc1ccc(Sc2ccc(C(=O)COC(C)=O)cc2)cc1)(NC(C)=O)C(=O)O. The van der Waals surface area contributed by atoms with E-state index < -0.39 is 29.4 Å². The van der Waals surface area contributed by atoms with E-state index in [-0.39, 0.29) is 31.8 Å². The molecular weight excluding hydrogens is 474 g/mol. The third kappa shape index (κ3) is 7.96. The fourth-order valence-corrected chi connectivity index (χ4v) is 3.99. The summed E-state index contributed by atoms with van der Waals surface area (Å²) in [5, 5.41) is 12.0. The molecule has 1 amide bonds. The number of rotatable bonds is 12. The van der Waals surface area contributed by atoms with Crippen molar-refractivity contribution < 1.29 is 38.6 Å². The Kier molecular flexibility index (Phi) is 10.0. The monoisotopic (exact) mass is 501 g/mol. The maximum atomic E-state index is 12.4. The zero-order valence-corrected chi connectivity index (χ0v) is 20.5. The number of carbonyl (C=O) groups is 5. The minimum absolute atomic E-state index is 0.0132. The molecule has 9 nitrogen and oxygen atoms in total. The Bertz CT molecular complexity index is 1080. The van der Waals surface area contributed by atoms with Crippen LogP contribution in [0.2, 0.25) is 0 Å². The van der Waals surface area contributed by atoms with E-state index in [4.69, 9.17) is 9.47 Å². The Labute approximate surface area is 207 Å². The molecule has 186 valence electrons. The number of Topliss-reactive ketones (excluding diaryl/α,β-unsaturated/α-hetero) is 1. The average molecular weight is 502 g/mol. The number of carboxylic acid groups (broad SMARTS) is 1. The highest BCUT2D eigenvalue weighted by Crippen LogP contribution is 2.28. The summed E-state index contributed by atoms with van der Waals surface area (Å²) < 4.78 is 9.63. The van der Waals surface area contributed by atoms with Crippen LogP contribution < -0.4 is 5.32 Å². The van der Waals surface area contributed by atoms with Crippen LogP contribution in [0.15, 0.2) is 58.3 Å². The summed E-state index contributed by atoms with van der Waals surface area (Å²) >= 11 is 1.46. The molecule has 2 rings (SSSR count). The summed E-state index contributed by atoms with van der Waals surface area (Å²) in [5.74, 6) is -3.94. The highest BCUT2D eigenvalue weighted by Gasteiger charge is 2.48. The van der Waals surface area contributed by atoms with Crippen molar-refractivity contribution in [2.45, 2.75) is 48.9 Å². The number of ketones is 1. The number of esters is 2. The maximum absolute atomic E-state index is 12.4. The number of benzene rings is 2. The molecule has 35 heavy (non-hydrogen) atoms. The lowest BCUT2D eigenvalue weighted by Gasteiger charge is -2.27. The fourth-order valence-electron chi connectivity index (χ4n) is 3.17. The fraction of sp³-hybridized carbons (Fsp3) is 0.320. The number of nitrogens with one attached hydrogen (secondary N) is 1. The zero-order valence-electron chi connectivity index (χ0n) is 19.7. The standard InChI is InChI=1S/C25H27NO8S/c1-4-33-24(32)25(23(30)31,26-16(2)27)14-13-18-5-9-20(10-6-18)35-21-11-7-19(8-12-21)22(29)15-34-17(3)28/h5-12H,4,13-15H2,1-3H3,(H,26,27)(H,30,31). The molecule has 0 aliphatic carbocycles. The molecule has 0 aliphatic heterocycles. The van der Waals surface area contributed by atoms with E-state index in [1.165, 1.54) is 18.7 Å². The van der Waals surface area contributed by atoms with Gasteiger partial charge < -0.3 is 19.9 Å². The lowest BCUT2D eigenvalue weighted by atomic mass is 9.91.